The van der Waals surface area contributed by atoms with Crippen molar-refractivity contribution in [3.05, 3.63) is 28.7 Å². The number of sulfonamides is 1. The average molecular weight is 406 g/mol. The lowest BCUT2D eigenvalue weighted by molar-refractivity contribution is 0.331. The molecule has 5 rings (SSSR count). The van der Waals surface area contributed by atoms with Gasteiger partial charge in [0, 0.05) is 44.2 Å². The number of pyridine rings is 1. The summed E-state index contributed by atoms with van der Waals surface area (Å²) in [6.45, 7) is 0.999. The van der Waals surface area contributed by atoms with Gasteiger partial charge in [0.1, 0.15) is 5.65 Å². The molecule has 8 nitrogen and oxygen atoms in total. The summed E-state index contributed by atoms with van der Waals surface area (Å²) in [5, 5.41) is 4.21. The Morgan fingerprint density at radius 1 is 1.14 bits per heavy atom. The molecule has 9 heteroatoms. The highest BCUT2D eigenvalue weighted by atomic mass is 32.2. The molecule has 1 N–H and O–H groups in total. The van der Waals surface area contributed by atoms with Crippen molar-refractivity contribution in [3.8, 4) is 0 Å². The van der Waals surface area contributed by atoms with Crippen molar-refractivity contribution >= 4 is 27.0 Å². The standard InChI is InChI=1S/C19H25N5O3S.H2/c1-28(26,27)23-6-4-15(5-7-23)21-19-20-11-12-2-3-17(25)24(18(12)22-19)16-9-13-8-14(13)10-16;/h2-3,11,13-16H,4-10H2,1H3,(H,20,21,22);1H/t13-,14?,16?;/m0./s1. The number of hydrogen-bond donors (Lipinski definition) is 1. The fourth-order valence-corrected chi connectivity index (χ4v) is 5.74. The molecule has 2 unspecified atom stereocenters. The molecule has 3 aliphatic rings. The minimum atomic E-state index is -3.14. The summed E-state index contributed by atoms with van der Waals surface area (Å²) in [7, 11) is -3.14. The molecule has 0 spiro atoms. The Bertz CT molecular complexity index is 1070. The Labute approximate surface area is 165 Å². The normalized spacial score (nSPS) is 28.4. The van der Waals surface area contributed by atoms with Crippen molar-refractivity contribution in [2.45, 2.75) is 44.2 Å². The molecule has 1 saturated heterocycles. The highest BCUT2D eigenvalue weighted by Gasteiger charge is 2.46. The first kappa shape index (κ1) is 18.1. The molecule has 2 saturated carbocycles. The van der Waals surface area contributed by atoms with Crippen molar-refractivity contribution in [2.24, 2.45) is 11.8 Å². The van der Waals surface area contributed by atoms with E-state index >= 15 is 0 Å². The van der Waals surface area contributed by atoms with E-state index in [1.807, 2.05) is 4.57 Å². The van der Waals surface area contributed by atoms with Gasteiger partial charge in [-0.05, 0) is 50.0 Å². The second-order valence-corrected chi connectivity index (χ2v) is 10.5. The molecule has 3 fully saturated rings. The number of aromatic nitrogens is 3. The minimum Gasteiger partial charge on any atom is -0.351 e. The lowest BCUT2D eigenvalue weighted by atomic mass is 10.1. The maximum Gasteiger partial charge on any atom is 0.252 e. The van der Waals surface area contributed by atoms with Gasteiger partial charge in [-0.15, -0.1) is 0 Å². The lowest BCUT2D eigenvalue weighted by Crippen LogP contribution is -2.42. The predicted molar refractivity (Wildman–Crippen MR) is 109 cm³/mol. The van der Waals surface area contributed by atoms with Gasteiger partial charge in [-0.3, -0.25) is 9.36 Å². The molecular formula is C19H27N5O3S. The quantitative estimate of drug-likeness (QED) is 0.834. The summed E-state index contributed by atoms with van der Waals surface area (Å²) in [6, 6.07) is 3.76. The number of rotatable bonds is 4. The van der Waals surface area contributed by atoms with E-state index in [9.17, 15) is 13.2 Å². The van der Waals surface area contributed by atoms with Crippen LogP contribution in [0.1, 0.15) is 39.6 Å². The number of nitrogens with zero attached hydrogens (tertiary/aromatic N) is 4. The van der Waals surface area contributed by atoms with Crippen molar-refractivity contribution in [1.82, 2.24) is 18.8 Å². The van der Waals surface area contributed by atoms with Crippen LogP contribution >= 0.6 is 0 Å². The summed E-state index contributed by atoms with van der Waals surface area (Å²) < 4.78 is 26.7. The van der Waals surface area contributed by atoms with Crippen LogP contribution in [-0.4, -0.2) is 52.6 Å². The number of hydrogen-bond acceptors (Lipinski definition) is 6. The molecule has 0 amide bonds. The molecule has 2 aromatic rings. The first-order chi connectivity index (χ1) is 13.4. The highest BCUT2D eigenvalue weighted by molar-refractivity contribution is 7.88. The number of anilines is 1. The Morgan fingerprint density at radius 3 is 2.54 bits per heavy atom. The zero-order valence-corrected chi connectivity index (χ0v) is 16.7. The van der Waals surface area contributed by atoms with Gasteiger partial charge in [0.15, 0.2) is 0 Å². The van der Waals surface area contributed by atoms with E-state index in [1.54, 1.807) is 18.3 Å². The Kier molecular flexibility index (Phi) is 4.20. The molecule has 152 valence electrons. The first-order valence-corrected chi connectivity index (χ1v) is 11.8. The van der Waals surface area contributed by atoms with E-state index in [1.165, 1.54) is 17.0 Å². The monoisotopic (exact) mass is 405 g/mol. The van der Waals surface area contributed by atoms with Crippen molar-refractivity contribution in [2.75, 3.05) is 24.7 Å². The largest absolute Gasteiger partial charge is 0.351 e. The van der Waals surface area contributed by atoms with Crippen LogP contribution in [0.2, 0.25) is 0 Å². The van der Waals surface area contributed by atoms with Crippen LogP contribution in [0.25, 0.3) is 11.0 Å². The lowest BCUT2D eigenvalue weighted by Gasteiger charge is -2.30. The van der Waals surface area contributed by atoms with Gasteiger partial charge >= 0.3 is 0 Å². The van der Waals surface area contributed by atoms with Gasteiger partial charge in [0.05, 0.1) is 6.26 Å². The Balaban J connectivity index is 0.00000205. The van der Waals surface area contributed by atoms with Gasteiger partial charge in [0.2, 0.25) is 16.0 Å². The zero-order valence-electron chi connectivity index (χ0n) is 15.9. The zero-order chi connectivity index (χ0) is 19.5. The van der Waals surface area contributed by atoms with E-state index < -0.39 is 10.0 Å². The second kappa shape index (κ2) is 6.52. The third-order valence-corrected chi connectivity index (χ3v) is 7.81. The molecule has 0 radical (unpaired) electrons. The summed E-state index contributed by atoms with van der Waals surface area (Å²) in [5.74, 6) is 2.08. The van der Waals surface area contributed by atoms with Crippen molar-refractivity contribution in [3.63, 3.8) is 0 Å². The number of fused-ring (bicyclic) bond motifs is 2. The highest BCUT2D eigenvalue weighted by Crippen LogP contribution is 2.55. The van der Waals surface area contributed by atoms with Crippen LogP contribution in [-0.2, 0) is 10.0 Å². The molecule has 3 heterocycles. The van der Waals surface area contributed by atoms with E-state index in [-0.39, 0.29) is 19.1 Å². The fourth-order valence-electron chi connectivity index (χ4n) is 4.87. The van der Waals surface area contributed by atoms with Crippen molar-refractivity contribution < 1.29 is 9.84 Å². The van der Waals surface area contributed by atoms with E-state index in [2.05, 4.69) is 10.3 Å². The molecule has 2 aliphatic carbocycles. The number of nitrogens with one attached hydrogen (secondary N) is 1. The predicted octanol–water partition coefficient (Wildman–Crippen LogP) is 1.84. The van der Waals surface area contributed by atoms with Gasteiger partial charge < -0.3 is 5.32 Å². The molecular weight excluding hydrogens is 378 g/mol. The van der Waals surface area contributed by atoms with Crippen LogP contribution in [0.15, 0.2) is 23.1 Å². The molecule has 28 heavy (non-hydrogen) atoms. The molecule has 1 aliphatic heterocycles. The summed E-state index contributed by atoms with van der Waals surface area (Å²) in [6.07, 6.45) is 7.89. The summed E-state index contributed by atoms with van der Waals surface area (Å²) in [5.41, 5.74) is 0.704. The van der Waals surface area contributed by atoms with E-state index in [4.69, 9.17) is 4.98 Å². The van der Waals surface area contributed by atoms with E-state index in [0.717, 1.165) is 30.1 Å². The molecule has 2 aromatic heterocycles. The maximum atomic E-state index is 12.6. The average Bonchev–Trinajstić information content (AvgIpc) is 3.27. The van der Waals surface area contributed by atoms with Crippen LogP contribution < -0.4 is 10.9 Å². The maximum absolute atomic E-state index is 12.6. The summed E-state index contributed by atoms with van der Waals surface area (Å²) >= 11 is 0. The van der Waals surface area contributed by atoms with Crippen LogP contribution in [0.3, 0.4) is 0 Å². The SMILES string of the molecule is CS(=O)(=O)N1CCC(Nc2ncc3ccc(=O)n(C4CC5C[C@H]5C4)c3n2)CC1.[HH]. The summed E-state index contributed by atoms with van der Waals surface area (Å²) in [4.78, 5) is 21.7. The van der Waals surface area contributed by atoms with Crippen LogP contribution in [0.5, 0.6) is 0 Å². The Hall–Kier alpha value is -2.00. The van der Waals surface area contributed by atoms with Gasteiger partial charge in [0.25, 0.3) is 5.56 Å². The Morgan fingerprint density at radius 2 is 1.86 bits per heavy atom. The fraction of sp³-hybridized carbons (Fsp3) is 0.632. The first-order valence-electron chi connectivity index (χ1n) is 9.98. The molecule has 0 aromatic carbocycles. The van der Waals surface area contributed by atoms with Gasteiger partial charge in [-0.2, -0.15) is 4.98 Å². The topological polar surface area (TPSA) is 97.2 Å². The third-order valence-electron chi connectivity index (χ3n) is 6.51. The smallest absolute Gasteiger partial charge is 0.252 e. The van der Waals surface area contributed by atoms with Crippen LogP contribution in [0, 0.1) is 11.8 Å². The van der Waals surface area contributed by atoms with Crippen molar-refractivity contribution in [1.29, 1.82) is 0 Å². The van der Waals surface area contributed by atoms with E-state index in [0.29, 0.717) is 37.5 Å². The number of piperidine rings is 1. The van der Waals surface area contributed by atoms with Gasteiger partial charge in [-0.25, -0.2) is 17.7 Å². The second-order valence-electron chi connectivity index (χ2n) is 8.48. The molecule has 3 atom stereocenters. The van der Waals surface area contributed by atoms with Crippen LogP contribution in [0.4, 0.5) is 5.95 Å². The van der Waals surface area contributed by atoms with Gasteiger partial charge in [-0.1, -0.05) is 0 Å². The third kappa shape index (κ3) is 3.30. The molecule has 0 bridgehead atoms. The minimum absolute atomic E-state index is 0.